The van der Waals surface area contributed by atoms with Crippen LogP contribution in [0, 0.1) is 0 Å². The van der Waals surface area contributed by atoms with E-state index in [1.54, 1.807) is 14.0 Å². The van der Waals surface area contributed by atoms with Gasteiger partial charge in [0.25, 0.3) is 5.91 Å². The molecule has 0 aliphatic carbocycles. The highest BCUT2D eigenvalue weighted by molar-refractivity contribution is 5.78. The molecule has 0 radical (unpaired) electrons. The van der Waals surface area contributed by atoms with E-state index in [-0.39, 0.29) is 0 Å². The summed E-state index contributed by atoms with van der Waals surface area (Å²) in [7, 11) is 1.65. The van der Waals surface area contributed by atoms with Crippen molar-refractivity contribution in [3.8, 4) is 11.5 Å². The van der Waals surface area contributed by atoms with Crippen LogP contribution in [0.3, 0.4) is 0 Å². The molecule has 118 valence electrons. The molecule has 0 aromatic heterocycles. The van der Waals surface area contributed by atoms with Crippen LogP contribution in [0.2, 0.25) is 0 Å². The molecule has 1 aromatic rings. The number of primary amides is 1. The van der Waals surface area contributed by atoms with Gasteiger partial charge in [0, 0.05) is 25.8 Å². The van der Waals surface area contributed by atoms with Gasteiger partial charge in [0.1, 0.15) is 0 Å². The zero-order valence-corrected chi connectivity index (χ0v) is 12.8. The Labute approximate surface area is 125 Å². The van der Waals surface area contributed by atoms with E-state index in [2.05, 4.69) is 5.32 Å². The zero-order valence-electron chi connectivity index (χ0n) is 12.8. The minimum Gasteiger partial charge on any atom is -0.490 e. The first-order chi connectivity index (χ1) is 10.1. The fourth-order valence-corrected chi connectivity index (χ4v) is 1.74. The van der Waals surface area contributed by atoms with Crippen LogP contribution in [-0.4, -0.2) is 38.9 Å². The summed E-state index contributed by atoms with van der Waals surface area (Å²) < 4.78 is 16.2. The lowest BCUT2D eigenvalue weighted by Crippen LogP contribution is -2.31. The molecule has 0 heterocycles. The summed E-state index contributed by atoms with van der Waals surface area (Å²) in [6.45, 7) is 5.96. The van der Waals surface area contributed by atoms with Crippen LogP contribution < -0.4 is 20.5 Å². The van der Waals surface area contributed by atoms with Gasteiger partial charge in [-0.15, -0.1) is 0 Å². The number of hydrogen-bond donors (Lipinski definition) is 2. The van der Waals surface area contributed by atoms with Crippen molar-refractivity contribution in [3.05, 3.63) is 23.8 Å². The Morgan fingerprint density at radius 3 is 2.81 bits per heavy atom. The van der Waals surface area contributed by atoms with Gasteiger partial charge in [0.2, 0.25) is 0 Å². The second-order valence-corrected chi connectivity index (χ2v) is 4.51. The highest BCUT2D eigenvalue weighted by Gasteiger charge is 2.17. The highest BCUT2D eigenvalue weighted by Crippen LogP contribution is 2.32. The van der Waals surface area contributed by atoms with Gasteiger partial charge in [-0.05, 0) is 19.9 Å². The van der Waals surface area contributed by atoms with E-state index < -0.39 is 12.0 Å². The Balaban J connectivity index is 2.88. The summed E-state index contributed by atoms with van der Waals surface area (Å²) in [5.74, 6) is 0.645. The van der Waals surface area contributed by atoms with E-state index in [1.807, 2.05) is 25.1 Å². The van der Waals surface area contributed by atoms with Gasteiger partial charge in [-0.1, -0.05) is 12.1 Å². The van der Waals surface area contributed by atoms with Crippen molar-refractivity contribution in [3.63, 3.8) is 0 Å². The van der Waals surface area contributed by atoms with E-state index in [0.29, 0.717) is 31.3 Å². The SMILES string of the molecule is CCOc1cccc(CNCCOC)c1OC(C)C(N)=O. The second kappa shape index (κ2) is 9.20. The highest BCUT2D eigenvalue weighted by atomic mass is 16.5. The van der Waals surface area contributed by atoms with Gasteiger partial charge in [0.15, 0.2) is 17.6 Å². The lowest BCUT2D eigenvalue weighted by Gasteiger charge is -2.19. The number of methoxy groups -OCH3 is 1. The largest absolute Gasteiger partial charge is 0.490 e. The smallest absolute Gasteiger partial charge is 0.258 e. The van der Waals surface area contributed by atoms with Gasteiger partial charge in [-0.3, -0.25) is 4.79 Å². The van der Waals surface area contributed by atoms with Crippen LogP contribution in [0.25, 0.3) is 0 Å². The first kappa shape index (κ1) is 17.3. The summed E-state index contributed by atoms with van der Waals surface area (Å²) in [5.41, 5.74) is 6.17. The number of amides is 1. The number of carbonyl (C=O) groups is 1. The number of nitrogens with two attached hydrogens (primary N) is 1. The third-order valence-electron chi connectivity index (χ3n) is 2.85. The van der Waals surface area contributed by atoms with Gasteiger partial charge in [-0.25, -0.2) is 0 Å². The van der Waals surface area contributed by atoms with Gasteiger partial charge in [-0.2, -0.15) is 0 Å². The number of hydrogen-bond acceptors (Lipinski definition) is 5. The molecule has 1 rings (SSSR count). The molecular weight excluding hydrogens is 272 g/mol. The summed E-state index contributed by atoms with van der Waals surface area (Å²) in [5, 5.41) is 3.24. The first-order valence-electron chi connectivity index (χ1n) is 7.00. The van der Waals surface area contributed by atoms with Crippen molar-refractivity contribution in [2.24, 2.45) is 5.73 Å². The molecule has 6 heteroatoms. The van der Waals surface area contributed by atoms with Crippen molar-refractivity contribution in [2.75, 3.05) is 26.9 Å². The van der Waals surface area contributed by atoms with Gasteiger partial charge in [0.05, 0.1) is 13.2 Å². The monoisotopic (exact) mass is 296 g/mol. The summed E-state index contributed by atoms with van der Waals surface area (Å²) in [4.78, 5) is 11.2. The third-order valence-corrected chi connectivity index (χ3v) is 2.85. The number of carbonyl (C=O) groups excluding carboxylic acids is 1. The molecule has 1 atom stereocenters. The Morgan fingerprint density at radius 2 is 2.19 bits per heavy atom. The van der Waals surface area contributed by atoms with E-state index in [1.165, 1.54) is 0 Å². The van der Waals surface area contributed by atoms with Crippen molar-refractivity contribution < 1.29 is 19.0 Å². The summed E-state index contributed by atoms with van der Waals surface area (Å²) in [6, 6.07) is 5.62. The Kier molecular flexibility index (Phi) is 7.56. The predicted octanol–water partition coefficient (Wildman–Crippen LogP) is 1.07. The zero-order chi connectivity index (χ0) is 15.7. The fourth-order valence-electron chi connectivity index (χ4n) is 1.74. The Bertz CT molecular complexity index is 451. The molecule has 3 N–H and O–H groups in total. The maximum atomic E-state index is 11.2. The quantitative estimate of drug-likeness (QED) is 0.631. The van der Waals surface area contributed by atoms with Crippen LogP contribution in [0.5, 0.6) is 11.5 Å². The van der Waals surface area contributed by atoms with Crippen molar-refractivity contribution in [1.29, 1.82) is 0 Å². The molecule has 0 aliphatic rings. The molecule has 0 spiro atoms. The molecule has 21 heavy (non-hydrogen) atoms. The Hall–Kier alpha value is -1.79. The standard InChI is InChI=1S/C15H24N2O4/c1-4-20-13-7-5-6-12(10-17-8-9-19-3)14(13)21-11(2)15(16)18/h5-7,11,17H,4,8-10H2,1-3H3,(H2,16,18). The number of ether oxygens (including phenoxy) is 3. The molecular formula is C15H24N2O4. The van der Waals surface area contributed by atoms with Crippen LogP contribution in [0.4, 0.5) is 0 Å². The molecule has 6 nitrogen and oxygen atoms in total. The maximum Gasteiger partial charge on any atom is 0.258 e. The predicted molar refractivity (Wildman–Crippen MR) is 80.5 cm³/mol. The van der Waals surface area contributed by atoms with Crippen molar-refractivity contribution >= 4 is 5.91 Å². The molecule has 1 unspecified atom stereocenters. The number of para-hydroxylation sites is 1. The van der Waals surface area contributed by atoms with Crippen LogP contribution >= 0.6 is 0 Å². The summed E-state index contributed by atoms with van der Waals surface area (Å²) >= 11 is 0. The van der Waals surface area contributed by atoms with Crippen LogP contribution in [0.15, 0.2) is 18.2 Å². The van der Waals surface area contributed by atoms with Crippen LogP contribution in [-0.2, 0) is 16.1 Å². The average Bonchev–Trinajstić information content (AvgIpc) is 2.46. The number of rotatable bonds is 10. The van der Waals surface area contributed by atoms with E-state index in [4.69, 9.17) is 19.9 Å². The van der Waals surface area contributed by atoms with Crippen molar-refractivity contribution in [1.82, 2.24) is 5.32 Å². The van der Waals surface area contributed by atoms with Crippen LogP contribution in [0.1, 0.15) is 19.4 Å². The lowest BCUT2D eigenvalue weighted by molar-refractivity contribution is -0.124. The fraction of sp³-hybridized carbons (Fsp3) is 0.533. The molecule has 0 bridgehead atoms. The minimum absolute atomic E-state index is 0.514. The Morgan fingerprint density at radius 1 is 1.43 bits per heavy atom. The molecule has 0 fully saturated rings. The normalized spacial score (nSPS) is 12.0. The first-order valence-corrected chi connectivity index (χ1v) is 7.00. The topological polar surface area (TPSA) is 82.8 Å². The van der Waals surface area contributed by atoms with E-state index in [9.17, 15) is 4.79 Å². The minimum atomic E-state index is -0.718. The van der Waals surface area contributed by atoms with Crippen molar-refractivity contribution in [2.45, 2.75) is 26.5 Å². The average molecular weight is 296 g/mol. The molecule has 1 amide bonds. The molecule has 0 aliphatic heterocycles. The maximum absolute atomic E-state index is 11.2. The molecule has 1 aromatic carbocycles. The molecule has 0 saturated heterocycles. The lowest BCUT2D eigenvalue weighted by atomic mass is 10.1. The summed E-state index contributed by atoms with van der Waals surface area (Å²) in [6.07, 6.45) is -0.718. The number of benzene rings is 1. The molecule has 0 saturated carbocycles. The second-order valence-electron chi connectivity index (χ2n) is 4.51. The van der Waals surface area contributed by atoms with Gasteiger partial charge < -0.3 is 25.3 Å². The van der Waals surface area contributed by atoms with Gasteiger partial charge >= 0.3 is 0 Å². The van der Waals surface area contributed by atoms with E-state index in [0.717, 1.165) is 12.1 Å². The van der Waals surface area contributed by atoms with E-state index >= 15 is 0 Å². The third kappa shape index (κ3) is 5.61. The number of nitrogens with one attached hydrogen (secondary N) is 1.